The van der Waals surface area contributed by atoms with Crippen molar-refractivity contribution >= 4 is 32.3 Å². The average molecular weight is 429 g/mol. The van der Waals surface area contributed by atoms with Crippen LogP contribution in [0.15, 0.2) is 70.6 Å². The van der Waals surface area contributed by atoms with Crippen LogP contribution in [0.3, 0.4) is 0 Å². The molecule has 1 N–H and O–H groups in total. The van der Waals surface area contributed by atoms with E-state index in [0.717, 1.165) is 6.26 Å². The summed E-state index contributed by atoms with van der Waals surface area (Å²) in [7, 11) is -1.80. The number of nitrogens with zero attached hydrogens (tertiary/aromatic N) is 1. The Morgan fingerprint density at radius 2 is 1.86 bits per heavy atom. The van der Waals surface area contributed by atoms with E-state index >= 15 is 0 Å². The summed E-state index contributed by atoms with van der Waals surface area (Å²) in [5, 5.41) is 1.20. The predicted octanol–water partition coefficient (Wildman–Crippen LogP) is 4.38. The lowest BCUT2D eigenvalue weighted by molar-refractivity contribution is 0.484. The van der Waals surface area contributed by atoms with Crippen molar-refractivity contribution in [2.24, 2.45) is 7.05 Å². The lowest BCUT2D eigenvalue weighted by Crippen LogP contribution is -2.16. The Hall–Kier alpha value is -3.03. The Morgan fingerprint density at radius 3 is 2.59 bits per heavy atom. The number of rotatable bonds is 4. The van der Waals surface area contributed by atoms with Gasteiger partial charge in [0.2, 0.25) is 0 Å². The van der Waals surface area contributed by atoms with Gasteiger partial charge in [0, 0.05) is 47.2 Å². The molecule has 0 bridgehead atoms. The van der Waals surface area contributed by atoms with Gasteiger partial charge in [-0.3, -0.25) is 4.79 Å². The van der Waals surface area contributed by atoms with E-state index in [1.807, 2.05) is 0 Å². The van der Waals surface area contributed by atoms with Crippen molar-refractivity contribution in [1.29, 1.82) is 0 Å². The van der Waals surface area contributed by atoms with Gasteiger partial charge in [-0.05, 0) is 42.5 Å². The lowest BCUT2D eigenvalue weighted by atomic mass is 10.0. The molecule has 0 saturated heterocycles. The zero-order chi connectivity index (χ0) is 20.8. The van der Waals surface area contributed by atoms with E-state index < -0.39 is 9.84 Å². The second-order valence-electron chi connectivity index (χ2n) is 6.71. The molecule has 0 atom stereocenters. The van der Waals surface area contributed by atoms with Crippen LogP contribution in [0, 0.1) is 0 Å². The first kappa shape index (κ1) is 19.3. The smallest absolute Gasteiger partial charge is 0.274 e. The van der Waals surface area contributed by atoms with E-state index in [2.05, 4.69) is 4.98 Å². The molecule has 6 nitrogen and oxygen atoms in total. The molecule has 0 aliphatic rings. The van der Waals surface area contributed by atoms with E-state index in [9.17, 15) is 13.2 Å². The van der Waals surface area contributed by atoms with E-state index in [1.54, 1.807) is 61.9 Å². The lowest BCUT2D eigenvalue weighted by Gasteiger charge is -2.15. The number of fused-ring (bicyclic) bond motifs is 1. The number of aromatic amines is 1. The average Bonchev–Trinajstić information content (AvgIpc) is 3.14. The maximum atomic E-state index is 12.4. The number of pyridine rings is 1. The second-order valence-corrected chi connectivity index (χ2v) is 9.17. The Balaban J connectivity index is 1.99. The number of H-pyrrole nitrogens is 1. The number of aromatic nitrogens is 2. The molecule has 0 aliphatic carbocycles. The van der Waals surface area contributed by atoms with Crippen LogP contribution in [0.25, 0.3) is 22.0 Å². The monoisotopic (exact) mass is 428 g/mol. The molecule has 4 rings (SSSR count). The number of ether oxygens (including phenoxy) is 1. The molecule has 0 radical (unpaired) electrons. The van der Waals surface area contributed by atoms with Crippen LogP contribution in [-0.4, -0.2) is 24.2 Å². The first-order valence-corrected chi connectivity index (χ1v) is 11.0. The third-order valence-corrected chi connectivity index (χ3v) is 5.93. The second kappa shape index (κ2) is 7.09. The third-order valence-electron chi connectivity index (χ3n) is 4.59. The van der Waals surface area contributed by atoms with E-state index in [4.69, 9.17) is 16.3 Å². The van der Waals surface area contributed by atoms with Crippen molar-refractivity contribution in [2.45, 2.75) is 4.90 Å². The summed E-state index contributed by atoms with van der Waals surface area (Å²) in [6, 6.07) is 13.4. The van der Waals surface area contributed by atoms with Crippen molar-refractivity contribution in [3.63, 3.8) is 0 Å². The fourth-order valence-electron chi connectivity index (χ4n) is 3.18. The number of sulfone groups is 1. The number of nitrogens with one attached hydrogen (secondary N) is 1. The predicted molar refractivity (Wildman–Crippen MR) is 114 cm³/mol. The number of aryl methyl sites for hydroxylation is 1. The molecule has 0 unspecified atom stereocenters. The van der Waals surface area contributed by atoms with Crippen LogP contribution in [0.2, 0.25) is 5.02 Å². The standard InChI is InChI=1S/C21H17ClN2O4S/c1-24-12-18(16-8-9-23-20(16)21(24)25)17-11-15(29(2,26)27)6-7-19(17)28-14-5-3-4-13(22)10-14/h3-12,23H,1-2H3. The quantitative estimate of drug-likeness (QED) is 0.523. The molecule has 4 aromatic rings. The number of benzene rings is 2. The molecule has 2 aromatic carbocycles. The minimum absolute atomic E-state index is 0.156. The van der Waals surface area contributed by atoms with Crippen molar-refractivity contribution in [3.8, 4) is 22.6 Å². The summed E-state index contributed by atoms with van der Waals surface area (Å²) < 4.78 is 31.8. The maximum Gasteiger partial charge on any atom is 0.274 e. The molecular formula is C21H17ClN2O4S. The van der Waals surface area contributed by atoms with Crippen LogP contribution < -0.4 is 10.3 Å². The Bertz CT molecular complexity index is 1400. The summed E-state index contributed by atoms with van der Waals surface area (Å²) in [5.41, 5.74) is 1.48. The zero-order valence-electron chi connectivity index (χ0n) is 15.6. The van der Waals surface area contributed by atoms with Gasteiger partial charge in [-0.25, -0.2) is 8.42 Å². The molecule has 0 aliphatic heterocycles. The molecule has 29 heavy (non-hydrogen) atoms. The van der Waals surface area contributed by atoms with Gasteiger partial charge in [0.1, 0.15) is 17.0 Å². The Labute approximate surface area is 172 Å². The SMILES string of the molecule is Cn1cc(-c2cc(S(C)(=O)=O)ccc2Oc2cccc(Cl)c2)c2cc[nH]c2c1=O. The van der Waals surface area contributed by atoms with Gasteiger partial charge in [0.15, 0.2) is 9.84 Å². The Morgan fingerprint density at radius 1 is 1.07 bits per heavy atom. The first-order valence-electron chi connectivity index (χ1n) is 8.68. The topological polar surface area (TPSA) is 81.2 Å². The third kappa shape index (κ3) is 3.66. The number of halogens is 1. The molecule has 148 valence electrons. The van der Waals surface area contributed by atoms with E-state index in [1.165, 1.54) is 10.6 Å². The molecule has 8 heteroatoms. The highest BCUT2D eigenvalue weighted by Crippen LogP contribution is 2.38. The van der Waals surface area contributed by atoms with Gasteiger partial charge >= 0.3 is 0 Å². The fourth-order valence-corrected chi connectivity index (χ4v) is 4.01. The normalized spacial score (nSPS) is 11.7. The minimum Gasteiger partial charge on any atom is -0.457 e. The maximum absolute atomic E-state index is 12.4. The van der Waals surface area contributed by atoms with Crippen molar-refractivity contribution < 1.29 is 13.2 Å². The van der Waals surface area contributed by atoms with Crippen LogP contribution in [0.1, 0.15) is 0 Å². The highest BCUT2D eigenvalue weighted by Gasteiger charge is 2.18. The van der Waals surface area contributed by atoms with Crippen LogP contribution in [-0.2, 0) is 16.9 Å². The molecule has 0 amide bonds. The van der Waals surface area contributed by atoms with Gasteiger partial charge in [0.25, 0.3) is 5.56 Å². The summed E-state index contributed by atoms with van der Waals surface area (Å²) in [5.74, 6) is 0.960. The van der Waals surface area contributed by atoms with Crippen molar-refractivity contribution in [1.82, 2.24) is 9.55 Å². The number of hydrogen-bond donors (Lipinski definition) is 1. The molecule has 2 heterocycles. The molecule has 2 aromatic heterocycles. The van der Waals surface area contributed by atoms with Gasteiger partial charge in [0.05, 0.1) is 4.90 Å². The van der Waals surface area contributed by atoms with Crippen LogP contribution in [0.4, 0.5) is 0 Å². The number of hydrogen-bond acceptors (Lipinski definition) is 4. The van der Waals surface area contributed by atoms with Crippen molar-refractivity contribution in [2.75, 3.05) is 6.26 Å². The summed E-state index contributed by atoms with van der Waals surface area (Å²) in [4.78, 5) is 15.5. The van der Waals surface area contributed by atoms with Gasteiger partial charge < -0.3 is 14.3 Å². The summed E-state index contributed by atoms with van der Waals surface area (Å²) >= 11 is 6.05. The minimum atomic E-state index is -3.44. The van der Waals surface area contributed by atoms with Crippen LogP contribution in [0.5, 0.6) is 11.5 Å². The van der Waals surface area contributed by atoms with Gasteiger partial charge in [-0.1, -0.05) is 17.7 Å². The largest absolute Gasteiger partial charge is 0.457 e. The summed E-state index contributed by atoms with van der Waals surface area (Å²) in [6.45, 7) is 0. The first-order chi connectivity index (χ1) is 13.7. The van der Waals surface area contributed by atoms with E-state index in [0.29, 0.717) is 38.6 Å². The Kier molecular flexibility index (Phi) is 4.72. The molecule has 0 fully saturated rings. The van der Waals surface area contributed by atoms with Crippen LogP contribution >= 0.6 is 11.6 Å². The molecule has 0 spiro atoms. The highest BCUT2D eigenvalue weighted by atomic mass is 35.5. The zero-order valence-corrected chi connectivity index (χ0v) is 17.2. The fraction of sp³-hybridized carbons (Fsp3) is 0.0952. The van der Waals surface area contributed by atoms with Gasteiger partial charge in [-0.15, -0.1) is 0 Å². The highest BCUT2D eigenvalue weighted by molar-refractivity contribution is 7.90. The molecule has 0 saturated carbocycles. The van der Waals surface area contributed by atoms with E-state index in [-0.39, 0.29) is 10.5 Å². The summed E-state index contributed by atoms with van der Waals surface area (Å²) in [6.07, 6.45) is 4.49. The van der Waals surface area contributed by atoms with Crippen molar-refractivity contribution in [3.05, 3.63) is 76.3 Å². The molecular weight excluding hydrogens is 412 g/mol. The van der Waals surface area contributed by atoms with Gasteiger partial charge in [-0.2, -0.15) is 0 Å².